The Bertz CT molecular complexity index is 545. The van der Waals surface area contributed by atoms with Crippen molar-refractivity contribution in [3.63, 3.8) is 0 Å². The third-order valence-corrected chi connectivity index (χ3v) is 3.48. The van der Waals surface area contributed by atoms with Crippen LogP contribution in [0.25, 0.3) is 0 Å². The Hall–Kier alpha value is -1.58. The standard InChI is InChI=1S/C16H19ClN2O/c1-3-18-15(11-13-6-4-5-9-19-13)12-7-8-14(17)16(10-12)20-2/h4-10,15,18H,3,11H2,1-2H3. The highest BCUT2D eigenvalue weighted by Crippen LogP contribution is 2.28. The fourth-order valence-corrected chi connectivity index (χ4v) is 2.37. The van der Waals surface area contributed by atoms with Crippen LogP contribution < -0.4 is 10.1 Å². The van der Waals surface area contributed by atoms with Gasteiger partial charge >= 0.3 is 0 Å². The summed E-state index contributed by atoms with van der Waals surface area (Å²) in [7, 11) is 1.63. The lowest BCUT2D eigenvalue weighted by atomic mass is 10.0. The molecule has 0 aliphatic heterocycles. The number of rotatable bonds is 6. The topological polar surface area (TPSA) is 34.2 Å². The van der Waals surface area contributed by atoms with Gasteiger partial charge in [0.05, 0.1) is 12.1 Å². The van der Waals surface area contributed by atoms with Gasteiger partial charge in [0.25, 0.3) is 0 Å². The SMILES string of the molecule is CCNC(Cc1ccccn1)c1ccc(Cl)c(OC)c1. The third kappa shape index (κ3) is 3.71. The third-order valence-electron chi connectivity index (χ3n) is 3.17. The van der Waals surface area contributed by atoms with Crippen molar-refractivity contribution < 1.29 is 4.74 Å². The minimum atomic E-state index is 0.195. The number of halogens is 1. The zero-order valence-corrected chi connectivity index (χ0v) is 12.5. The molecule has 1 unspecified atom stereocenters. The first-order valence-electron chi connectivity index (χ1n) is 6.71. The average Bonchev–Trinajstić information content (AvgIpc) is 2.48. The van der Waals surface area contributed by atoms with Gasteiger partial charge in [0.1, 0.15) is 5.75 Å². The molecule has 0 radical (unpaired) electrons. The Balaban J connectivity index is 2.24. The first-order chi connectivity index (χ1) is 9.74. The number of methoxy groups -OCH3 is 1. The maximum Gasteiger partial charge on any atom is 0.137 e. The summed E-state index contributed by atoms with van der Waals surface area (Å²) in [5.41, 5.74) is 2.21. The van der Waals surface area contributed by atoms with Crippen LogP contribution in [0.4, 0.5) is 0 Å². The van der Waals surface area contributed by atoms with Crippen LogP contribution in [0.2, 0.25) is 5.02 Å². The molecular weight excluding hydrogens is 272 g/mol. The average molecular weight is 291 g/mol. The molecule has 1 N–H and O–H groups in total. The van der Waals surface area contributed by atoms with Crippen LogP contribution in [0.15, 0.2) is 42.6 Å². The molecule has 1 aromatic heterocycles. The van der Waals surface area contributed by atoms with E-state index in [4.69, 9.17) is 16.3 Å². The van der Waals surface area contributed by atoms with Crippen molar-refractivity contribution in [3.8, 4) is 5.75 Å². The van der Waals surface area contributed by atoms with Crippen molar-refractivity contribution in [1.82, 2.24) is 10.3 Å². The number of likely N-dealkylation sites (N-methyl/N-ethyl adjacent to an activating group) is 1. The van der Waals surface area contributed by atoms with Crippen LogP contribution in [0.3, 0.4) is 0 Å². The Morgan fingerprint density at radius 1 is 1.30 bits per heavy atom. The molecule has 106 valence electrons. The van der Waals surface area contributed by atoms with Crippen LogP contribution >= 0.6 is 11.6 Å². The number of pyridine rings is 1. The Labute approximate surface area is 124 Å². The molecule has 1 aromatic carbocycles. The molecule has 4 heteroatoms. The quantitative estimate of drug-likeness (QED) is 0.882. The van der Waals surface area contributed by atoms with E-state index in [1.165, 1.54) is 0 Å². The van der Waals surface area contributed by atoms with Crippen LogP contribution in [0.1, 0.15) is 24.2 Å². The van der Waals surface area contributed by atoms with Crippen molar-refractivity contribution in [2.24, 2.45) is 0 Å². The molecule has 1 heterocycles. The molecule has 1 atom stereocenters. The first kappa shape index (κ1) is 14.8. The summed E-state index contributed by atoms with van der Waals surface area (Å²) in [4.78, 5) is 4.39. The van der Waals surface area contributed by atoms with Gasteiger partial charge in [-0.1, -0.05) is 30.7 Å². The van der Waals surface area contributed by atoms with Crippen LogP contribution in [0, 0.1) is 0 Å². The summed E-state index contributed by atoms with van der Waals surface area (Å²) in [6.45, 7) is 2.99. The molecule has 0 amide bonds. The van der Waals surface area contributed by atoms with Gasteiger partial charge in [-0.15, -0.1) is 0 Å². The Morgan fingerprint density at radius 3 is 2.80 bits per heavy atom. The predicted molar refractivity (Wildman–Crippen MR) is 82.4 cm³/mol. The monoisotopic (exact) mass is 290 g/mol. The molecule has 3 nitrogen and oxygen atoms in total. The summed E-state index contributed by atoms with van der Waals surface area (Å²) in [6.07, 6.45) is 2.65. The minimum Gasteiger partial charge on any atom is -0.495 e. The van der Waals surface area contributed by atoms with Crippen LogP contribution in [0.5, 0.6) is 5.75 Å². The fourth-order valence-electron chi connectivity index (χ4n) is 2.18. The fraction of sp³-hybridized carbons (Fsp3) is 0.312. The second-order valence-corrected chi connectivity index (χ2v) is 4.94. The van der Waals surface area contributed by atoms with Gasteiger partial charge in [0.15, 0.2) is 0 Å². The van der Waals surface area contributed by atoms with Crippen molar-refractivity contribution in [3.05, 3.63) is 58.9 Å². The van der Waals surface area contributed by atoms with Crippen molar-refractivity contribution in [1.29, 1.82) is 0 Å². The molecule has 2 rings (SSSR count). The second kappa shape index (κ2) is 7.27. The highest BCUT2D eigenvalue weighted by molar-refractivity contribution is 6.32. The molecule has 20 heavy (non-hydrogen) atoms. The lowest BCUT2D eigenvalue weighted by Crippen LogP contribution is -2.23. The number of hydrogen-bond donors (Lipinski definition) is 1. The molecule has 0 saturated heterocycles. The largest absolute Gasteiger partial charge is 0.495 e. The summed E-state index contributed by atoms with van der Waals surface area (Å²) < 4.78 is 5.29. The summed E-state index contributed by atoms with van der Waals surface area (Å²) in [6, 6.07) is 12.1. The van der Waals surface area contributed by atoms with E-state index >= 15 is 0 Å². The molecule has 0 aliphatic rings. The minimum absolute atomic E-state index is 0.195. The number of benzene rings is 1. The summed E-state index contributed by atoms with van der Waals surface area (Å²) in [5.74, 6) is 0.702. The number of ether oxygens (including phenoxy) is 1. The van der Waals surface area contributed by atoms with Gasteiger partial charge in [0, 0.05) is 24.4 Å². The van der Waals surface area contributed by atoms with Gasteiger partial charge in [-0.05, 0) is 36.4 Å². The van der Waals surface area contributed by atoms with Crippen molar-refractivity contribution in [2.45, 2.75) is 19.4 Å². The van der Waals surface area contributed by atoms with E-state index in [0.717, 1.165) is 24.2 Å². The Kier molecular flexibility index (Phi) is 5.39. The zero-order chi connectivity index (χ0) is 14.4. The van der Waals surface area contributed by atoms with Gasteiger partial charge in [-0.2, -0.15) is 0 Å². The van der Waals surface area contributed by atoms with Crippen molar-refractivity contribution in [2.75, 3.05) is 13.7 Å². The van der Waals surface area contributed by atoms with Gasteiger partial charge in [0.2, 0.25) is 0 Å². The number of hydrogen-bond acceptors (Lipinski definition) is 3. The van der Waals surface area contributed by atoms with Gasteiger partial charge in [-0.3, -0.25) is 4.98 Å². The number of nitrogens with one attached hydrogen (secondary N) is 1. The lowest BCUT2D eigenvalue weighted by molar-refractivity contribution is 0.413. The van der Waals surface area contributed by atoms with Gasteiger partial charge < -0.3 is 10.1 Å². The Morgan fingerprint density at radius 2 is 2.15 bits per heavy atom. The van der Waals surface area contributed by atoms with E-state index in [9.17, 15) is 0 Å². The van der Waals surface area contributed by atoms with E-state index in [-0.39, 0.29) is 6.04 Å². The van der Waals surface area contributed by atoms with Crippen molar-refractivity contribution >= 4 is 11.6 Å². The summed E-state index contributed by atoms with van der Waals surface area (Å²) in [5, 5.41) is 4.11. The predicted octanol–water partition coefficient (Wildman–Crippen LogP) is 3.64. The van der Waals surface area contributed by atoms with Crippen LogP contribution in [-0.2, 0) is 6.42 Å². The molecule has 0 aliphatic carbocycles. The van der Waals surface area contributed by atoms with E-state index in [1.807, 2.05) is 42.6 Å². The van der Waals surface area contributed by atoms with E-state index in [0.29, 0.717) is 10.8 Å². The van der Waals surface area contributed by atoms with Crippen LogP contribution in [-0.4, -0.2) is 18.6 Å². The van der Waals surface area contributed by atoms with E-state index in [2.05, 4.69) is 17.2 Å². The highest BCUT2D eigenvalue weighted by Gasteiger charge is 2.14. The molecule has 0 saturated carbocycles. The molecular formula is C16H19ClN2O. The van der Waals surface area contributed by atoms with E-state index in [1.54, 1.807) is 7.11 Å². The molecule has 0 spiro atoms. The molecule has 2 aromatic rings. The number of aromatic nitrogens is 1. The first-order valence-corrected chi connectivity index (χ1v) is 7.09. The zero-order valence-electron chi connectivity index (χ0n) is 11.8. The maximum atomic E-state index is 6.08. The highest BCUT2D eigenvalue weighted by atomic mass is 35.5. The van der Waals surface area contributed by atoms with E-state index < -0.39 is 0 Å². The second-order valence-electron chi connectivity index (χ2n) is 4.53. The lowest BCUT2D eigenvalue weighted by Gasteiger charge is -2.19. The normalized spacial score (nSPS) is 12.2. The molecule has 0 bridgehead atoms. The number of nitrogens with zero attached hydrogens (tertiary/aromatic N) is 1. The molecule has 0 fully saturated rings. The maximum absolute atomic E-state index is 6.08. The van der Waals surface area contributed by atoms with Gasteiger partial charge in [-0.25, -0.2) is 0 Å². The smallest absolute Gasteiger partial charge is 0.137 e. The summed E-state index contributed by atoms with van der Waals surface area (Å²) >= 11 is 6.08.